The van der Waals surface area contributed by atoms with Crippen molar-refractivity contribution < 1.29 is 4.79 Å². The molecule has 0 spiro atoms. The van der Waals surface area contributed by atoms with E-state index in [-0.39, 0.29) is 0 Å². The van der Waals surface area contributed by atoms with Crippen molar-refractivity contribution in [2.75, 3.05) is 6.54 Å². The third-order valence-electron chi connectivity index (χ3n) is 4.76. The number of nitrogens with two attached hydrogens (primary N) is 1. The number of carbonyl (C=O) groups excluding carboxylic acids is 1. The first kappa shape index (κ1) is 13.9. The Morgan fingerprint density at radius 1 is 1.22 bits per heavy atom. The second kappa shape index (κ2) is 6.05. The molecule has 1 saturated heterocycles. The molecule has 18 heavy (non-hydrogen) atoms. The average Bonchev–Trinajstić information content (AvgIpc) is 2.67. The zero-order chi connectivity index (χ0) is 13.1. The van der Waals surface area contributed by atoms with Gasteiger partial charge in [-0.1, -0.05) is 6.92 Å². The minimum atomic E-state index is 0.377. The van der Waals surface area contributed by atoms with Crippen LogP contribution in [0.15, 0.2) is 0 Å². The van der Waals surface area contributed by atoms with Gasteiger partial charge in [0.15, 0.2) is 0 Å². The van der Waals surface area contributed by atoms with Crippen molar-refractivity contribution in [2.45, 2.75) is 70.9 Å². The van der Waals surface area contributed by atoms with E-state index in [0.29, 0.717) is 23.9 Å². The third kappa shape index (κ3) is 3.47. The summed E-state index contributed by atoms with van der Waals surface area (Å²) in [5.41, 5.74) is 5.91. The summed E-state index contributed by atoms with van der Waals surface area (Å²) in [4.78, 5) is 14.3. The summed E-state index contributed by atoms with van der Waals surface area (Å²) in [6.07, 6.45) is 7.73. The summed E-state index contributed by atoms with van der Waals surface area (Å²) < 4.78 is 0. The molecule has 2 rings (SSSR count). The lowest BCUT2D eigenvalue weighted by molar-refractivity contribution is -0.132. The van der Waals surface area contributed by atoms with Crippen LogP contribution in [-0.2, 0) is 4.79 Å². The van der Waals surface area contributed by atoms with E-state index in [2.05, 4.69) is 18.7 Å². The topological polar surface area (TPSA) is 46.3 Å². The van der Waals surface area contributed by atoms with Gasteiger partial charge in [-0.15, -0.1) is 0 Å². The standard InChI is InChI=1S/C15H28N2O/c1-11-9-12(2)17(10-11)15(18)8-5-13-3-6-14(16)7-4-13/h11-14H,3-10,16H2,1-2H3. The van der Waals surface area contributed by atoms with Crippen LogP contribution in [0.5, 0.6) is 0 Å². The molecule has 2 N–H and O–H groups in total. The van der Waals surface area contributed by atoms with Crippen LogP contribution < -0.4 is 5.73 Å². The van der Waals surface area contributed by atoms with E-state index in [9.17, 15) is 4.79 Å². The number of hydrogen-bond donors (Lipinski definition) is 1. The van der Waals surface area contributed by atoms with Crippen LogP contribution in [0.2, 0.25) is 0 Å². The molecule has 1 aliphatic heterocycles. The highest BCUT2D eigenvalue weighted by atomic mass is 16.2. The lowest BCUT2D eigenvalue weighted by atomic mass is 9.84. The van der Waals surface area contributed by atoms with Crippen LogP contribution in [0, 0.1) is 11.8 Å². The minimum Gasteiger partial charge on any atom is -0.340 e. The van der Waals surface area contributed by atoms with Crippen molar-refractivity contribution in [3.05, 3.63) is 0 Å². The Kier molecular flexibility index (Phi) is 4.66. The Morgan fingerprint density at radius 2 is 1.89 bits per heavy atom. The van der Waals surface area contributed by atoms with Gasteiger partial charge in [-0.05, 0) is 57.3 Å². The quantitative estimate of drug-likeness (QED) is 0.839. The van der Waals surface area contributed by atoms with Crippen molar-refractivity contribution >= 4 is 5.91 Å². The number of rotatable bonds is 3. The molecule has 0 radical (unpaired) electrons. The summed E-state index contributed by atoms with van der Waals surface area (Å²) >= 11 is 0. The number of likely N-dealkylation sites (tertiary alicyclic amines) is 1. The predicted octanol–water partition coefficient (Wildman–Crippen LogP) is 2.54. The van der Waals surface area contributed by atoms with Gasteiger partial charge in [-0.2, -0.15) is 0 Å². The maximum absolute atomic E-state index is 12.2. The van der Waals surface area contributed by atoms with Gasteiger partial charge in [0, 0.05) is 25.0 Å². The van der Waals surface area contributed by atoms with Gasteiger partial charge < -0.3 is 10.6 Å². The van der Waals surface area contributed by atoms with Gasteiger partial charge in [-0.3, -0.25) is 4.79 Å². The summed E-state index contributed by atoms with van der Waals surface area (Å²) in [6, 6.07) is 0.865. The highest BCUT2D eigenvalue weighted by Gasteiger charge is 2.30. The zero-order valence-electron chi connectivity index (χ0n) is 11.9. The normalized spacial score (nSPS) is 36.9. The van der Waals surface area contributed by atoms with Crippen LogP contribution >= 0.6 is 0 Å². The lowest BCUT2D eigenvalue weighted by Gasteiger charge is -2.27. The van der Waals surface area contributed by atoms with Crippen LogP contribution in [0.25, 0.3) is 0 Å². The first-order valence-electron chi connectivity index (χ1n) is 7.61. The second-order valence-electron chi connectivity index (χ2n) is 6.56. The molecule has 2 aliphatic rings. The molecule has 3 nitrogen and oxygen atoms in total. The highest BCUT2D eigenvalue weighted by Crippen LogP contribution is 2.28. The van der Waals surface area contributed by atoms with Crippen molar-refractivity contribution in [3.63, 3.8) is 0 Å². The largest absolute Gasteiger partial charge is 0.340 e. The van der Waals surface area contributed by atoms with Crippen LogP contribution in [0.3, 0.4) is 0 Å². The summed E-state index contributed by atoms with van der Waals surface area (Å²) in [5, 5.41) is 0. The van der Waals surface area contributed by atoms with Crippen molar-refractivity contribution in [3.8, 4) is 0 Å². The smallest absolute Gasteiger partial charge is 0.222 e. The molecular weight excluding hydrogens is 224 g/mol. The van der Waals surface area contributed by atoms with Crippen molar-refractivity contribution in [1.29, 1.82) is 0 Å². The first-order valence-corrected chi connectivity index (χ1v) is 7.61. The maximum atomic E-state index is 12.2. The van der Waals surface area contributed by atoms with Gasteiger partial charge in [0.05, 0.1) is 0 Å². The first-order chi connectivity index (χ1) is 8.56. The lowest BCUT2D eigenvalue weighted by Crippen LogP contribution is -2.34. The molecule has 0 aromatic rings. The maximum Gasteiger partial charge on any atom is 0.222 e. The van der Waals surface area contributed by atoms with Gasteiger partial charge >= 0.3 is 0 Å². The third-order valence-corrected chi connectivity index (χ3v) is 4.76. The molecule has 1 heterocycles. The monoisotopic (exact) mass is 252 g/mol. The molecule has 1 aliphatic carbocycles. The molecule has 0 bridgehead atoms. The van der Waals surface area contributed by atoms with E-state index >= 15 is 0 Å². The van der Waals surface area contributed by atoms with E-state index in [1.54, 1.807) is 0 Å². The van der Waals surface area contributed by atoms with E-state index in [1.165, 1.54) is 19.3 Å². The number of amides is 1. The van der Waals surface area contributed by atoms with Crippen LogP contribution in [0.4, 0.5) is 0 Å². The fourth-order valence-electron chi connectivity index (χ4n) is 3.60. The summed E-state index contributed by atoms with van der Waals surface area (Å²) in [7, 11) is 0. The van der Waals surface area contributed by atoms with Gasteiger partial charge in [0.1, 0.15) is 0 Å². The van der Waals surface area contributed by atoms with E-state index < -0.39 is 0 Å². The Labute approximate surface area is 111 Å². The second-order valence-corrected chi connectivity index (χ2v) is 6.56. The Bertz CT molecular complexity index is 284. The summed E-state index contributed by atoms with van der Waals surface area (Å²) in [5.74, 6) is 1.79. The van der Waals surface area contributed by atoms with Crippen LogP contribution in [-0.4, -0.2) is 29.4 Å². The average molecular weight is 252 g/mol. The van der Waals surface area contributed by atoms with Crippen LogP contribution in [0.1, 0.15) is 58.8 Å². The Morgan fingerprint density at radius 3 is 2.44 bits per heavy atom. The van der Waals surface area contributed by atoms with Crippen molar-refractivity contribution in [2.24, 2.45) is 17.6 Å². The SMILES string of the molecule is CC1CC(C)N(C(=O)CCC2CCC(N)CC2)C1. The van der Waals surface area contributed by atoms with Gasteiger partial charge in [0.25, 0.3) is 0 Å². The molecule has 0 aromatic heterocycles. The Balaban J connectivity index is 1.71. The zero-order valence-corrected chi connectivity index (χ0v) is 11.9. The molecule has 0 aromatic carbocycles. The molecule has 1 saturated carbocycles. The van der Waals surface area contributed by atoms with Gasteiger partial charge in [0.2, 0.25) is 5.91 Å². The van der Waals surface area contributed by atoms with E-state index in [0.717, 1.165) is 38.1 Å². The molecule has 2 fully saturated rings. The molecule has 1 amide bonds. The van der Waals surface area contributed by atoms with Crippen molar-refractivity contribution in [1.82, 2.24) is 4.90 Å². The minimum absolute atomic E-state index is 0.377. The molecular formula is C15H28N2O. The fraction of sp³-hybridized carbons (Fsp3) is 0.933. The fourth-order valence-corrected chi connectivity index (χ4v) is 3.60. The number of hydrogen-bond acceptors (Lipinski definition) is 2. The Hall–Kier alpha value is -0.570. The molecule has 104 valence electrons. The number of nitrogens with zero attached hydrogens (tertiary/aromatic N) is 1. The summed E-state index contributed by atoms with van der Waals surface area (Å²) in [6.45, 7) is 5.39. The van der Waals surface area contributed by atoms with E-state index in [1.807, 2.05) is 0 Å². The molecule has 3 heteroatoms. The predicted molar refractivity (Wildman–Crippen MR) is 74.1 cm³/mol. The number of carbonyl (C=O) groups is 1. The molecule has 2 atom stereocenters. The van der Waals surface area contributed by atoms with E-state index in [4.69, 9.17) is 5.73 Å². The van der Waals surface area contributed by atoms with Gasteiger partial charge in [-0.25, -0.2) is 0 Å². The molecule has 2 unspecified atom stereocenters. The highest BCUT2D eigenvalue weighted by molar-refractivity contribution is 5.76.